The molecular weight excluding hydrogens is 254 g/mol. The number of ether oxygens (including phenoxy) is 1. The van der Waals surface area contributed by atoms with E-state index < -0.39 is 0 Å². The Bertz CT molecular complexity index is 439. The number of benzene rings is 1. The summed E-state index contributed by atoms with van der Waals surface area (Å²) in [6.45, 7) is 1.79. The second kappa shape index (κ2) is 7.29. The SMILES string of the molecule is COc1ccccc1CCC(=O)N1CCC(CO)CC1. The summed E-state index contributed by atoms with van der Waals surface area (Å²) in [6.07, 6.45) is 3.06. The highest BCUT2D eigenvalue weighted by Gasteiger charge is 2.22. The second-order valence-electron chi connectivity index (χ2n) is 5.32. The molecular formula is C16H23NO3. The maximum atomic E-state index is 12.2. The Morgan fingerprint density at radius 3 is 2.70 bits per heavy atom. The van der Waals surface area contributed by atoms with Crippen LogP contribution in [0.5, 0.6) is 5.75 Å². The minimum absolute atomic E-state index is 0.201. The summed E-state index contributed by atoms with van der Waals surface area (Å²) in [5.74, 6) is 1.42. The number of aryl methyl sites for hydroxylation is 1. The van der Waals surface area contributed by atoms with Crippen LogP contribution in [0.25, 0.3) is 0 Å². The van der Waals surface area contributed by atoms with Crippen molar-refractivity contribution in [2.45, 2.75) is 25.7 Å². The van der Waals surface area contributed by atoms with Crippen molar-refractivity contribution in [1.82, 2.24) is 4.90 Å². The molecule has 0 spiro atoms. The van der Waals surface area contributed by atoms with Crippen LogP contribution in [0.2, 0.25) is 0 Å². The molecule has 1 fully saturated rings. The van der Waals surface area contributed by atoms with E-state index in [4.69, 9.17) is 9.84 Å². The van der Waals surface area contributed by atoms with E-state index in [1.54, 1.807) is 7.11 Å². The Balaban J connectivity index is 1.83. The highest BCUT2D eigenvalue weighted by molar-refractivity contribution is 5.76. The quantitative estimate of drug-likeness (QED) is 0.893. The summed E-state index contributed by atoms with van der Waals surface area (Å²) in [5, 5.41) is 9.11. The van der Waals surface area contributed by atoms with E-state index in [0.717, 1.165) is 37.2 Å². The van der Waals surface area contributed by atoms with Crippen molar-refractivity contribution >= 4 is 5.91 Å². The Kier molecular flexibility index (Phi) is 5.41. The highest BCUT2D eigenvalue weighted by atomic mass is 16.5. The van der Waals surface area contributed by atoms with Gasteiger partial charge in [-0.25, -0.2) is 0 Å². The first-order chi connectivity index (χ1) is 9.74. The number of aliphatic hydroxyl groups excluding tert-OH is 1. The molecule has 1 aliphatic heterocycles. The van der Waals surface area contributed by atoms with Gasteiger partial charge in [0.2, 0.25) is 5.91 Å². The fourth-order valence-corrected chi connectivity index (χ4v) is 2.67. The predicted molar refractivity (Wildman–Crippen MR) is 77.7 cm³/mol. The number of piperidine rings is 1. The summed E-state index contributed by atoms with van der Waals surface area (Å²) in [5.41, 5.74) is 1.08. The van der Waals surface area contributed by atoms with Gasteiger partial charge in [-0.15, -0.1) is 0 Å². The molecule has 110 valence electrons. The van der Waals surface area contributed by atoms with Gasteiger partial charge < -0.3 is 14.7 Å². The van der Waals surface area contributed by atoms with Crippen LogP contribution in [0.4, 0.5) is 0 Å². The summed E-state index contributed by atoms with van der Waals surface area (Å²) in [7, 11) is 1.65. The Hall–Kier alpha value is -1.55. The average molecular weight is 277 g/mol. The van der Waals surface area contributed by atoms with Gasteiger partial charge >= 0.3 is 0 Å². The molecule has 0 unspecified atom stereocenters. The lowest BCUT2D eigenvalue weighted by Crippen LogP contribution is -2.39. The number of methoxy groups -OCH3 is 1. The van der Waals surface area contributed by atoms with Crippen molar-refractivity contribution < 1.29 is 14.6 Å². The molecule has 0 radical (unpaired) electrons. The number of aliphatic hydroxyl groups is 1. The van der Waals surface area contributed by atoms with Gasteiger partial charge in [-0.05, 0) is 36.8 Å². The van der Waals surface area contributed by atoms with Gasteiger partial charge in [-0.2, -0.15) is 0 Å². The van der Waals surface area contributed by atoms with Gasteiger partial charge in [-0.1, -0.05) is 18.2 Å². The van der Waals surface area contributed by atoms with Crippen molar-refractivity contribution in [3.63, 3.8) is 0 Å². The van der Waals surface area contributed by atoms with Crippen LogP contribution in [0.3, 0.4) is 0 Å². The van der Waals surface area contributed by atoms with Crippen molar-refractivity contribution in [3.05, 3.63) is 29.8 Å². The third-order valence-electron chi connectivity index (χ3n) is 4.03. The number of carbonyl (C=O) groups is 1. The number of nitrogens with zero attached hydrogens (tertiary/aromatic N) is 1. The molecule has 0 aliphatic carbocycles. The molecule has 1 aromatic carbocycles. The van der Waals surface area contributed by atoms with E-state index in [1.807, 2.05) is 29.2 Å². The number of para-hydroxylation sites is 1. The molecule has 1 N–H and O–H groups in total. The maximum absolute atomic E-state index is 12.2. The lowest BCUT2D eigenvalue weighted by molar-refractivity contribution is -0.132. The number of carbonyl (C=O) groups excluding carboxylic acids is 1. The predicted octanol–water partition coefficient (Wildman–Crippen LogP) is 1.86. The van der Waals surface area contributed by atoms with Crippen molar-refractivity contribution in [2.75, 3.05) is 26.8 Å². The van der Waals surface area contributed by atoms with Crippen LogP contribution in [0.15, 0.2) is 24.3 Å². The number of rotatable bonds is 5. The van der Waals surface area contributed by atoms with E-state index in [1.165, 1.54) is 0 Å². The number of hydrogen-bond donors (Lipinski definition) is 1. The summed E-state index contributed by atoms with van der Waals surface area (Å²) < 4.78 is 5.30. The number of hydrogen-bond acceptors (Lipinski definition) is 3. The van der Waals surface area contributed by atoms with E-state index in [9.17, 15) is 4.79 Å². The standard InChI is InChI=1S/C16H23NO3/c1-20-15-5-3-2-4-14(15)6-7-16(19)17-10-8-13(12-18)9-11-17/h2-5,13,18H,6-12H2,1H3. The summed E-state index contributed by atoms with van der Waals surface area (Å²) in [6, 6.07) is 7.83. The molecule has 0 saturated carbocycles. The Morgan fingerprint density at radius 2 is 2.05 bits per heavy atom. The molecule has 1 saturated heterocycles. The van der Waals surface area contributed by atoms with Crippen LogP contribution >= 0.6 is 0 Å². The minimum Gasteiger partial charge on any atom is -0.496 e. The van der Waals surface area contributed by atoms with Crippen molar-refractivity contribution in [2.24, 2.45) is 5.92 Å². The fourth-order valence-electron chi connectivity index (χ4n) is 2.67. The lowest BCUT2D eigenvalue weighted by atomic mass is 9.97. The monoisotopic (exact) mass is 277 g/mol. The molecule has 0 atom stereocenters. The van der Waals surface area contributed by atoms with E-state index in [0.29, 0.717) is 18.8 Å². The molecule has 4 heteroatoms. The van der Waals surface area contributed by atoms with Gasteiger partial charge in [0.25, 0.3) is 0 Å². The zero-order valence-electron chi connectivity index (χ0n) is 12.0. The molecule has 1 amide bonds. The molecule has 4 nitrogen and oxygen atoms in total. The average Bonchev–Trinajstić information content (AvgIpc) is 2.53. The maximum Gasteiger partial charge on any atom is 0.222 e. The Morgan fingerprint density at radius 1 is 1.35 bits per heavy atom. The molecule has 1 aliphatic rings. The fraction of sp³-hybridized carbons (Fsp3) is 0.562. The first kappa shape index (κ1) is 14.9. The molecule has 0 bridgehead atoms. The molecule has 0 aromatic heterocycles. The zero-order valence-corrected chi connectivity index (χ0v) is 12.0. The third-order valence-corrected chi connectivity index (χ3v) is 4.03. The minimum atomic E-state index is 0.201. The van der Waals surface area contributed by atoms with Gasteiger partial charge in [-0.3, -0.25) is 4.79 Å². The largest absolute Gasteiger partial charge is 0.496 e. The topological polar surface area (TPSA) is 49.8 Å². The Labute approximate surface area is 120 Å². The van der Waals surface area contributed by atoms with Gasteiger partial charge in [0.05, 0.1) is 7.11 Å². The van der Waals surface area contributed by atoms with Crippen molar-refractivity contribution in [3.8, 4) is 5.75 Å². The molecule has 1 aromatic rings. The van der Waals surface area contributed by atoms with E-state index in [-0.39, 0.29) is 12.5 Å². The van der Waals surface area contributed by atoms with Crippen LogP contribution < -0.4 is 4.74 Å². The summed E-state index contributed by atoms with van der Waals surface area (Å²) >= 11 is 0. The van der Waals surface area contributed by atoms with Crippen LogP contribution in [0.1, 0.15) is 24.8 Å². The normalized spacial score (nSPS) is 16.2. The number of likely N-dealkylation sites (tertiary alicyclic amines) is 1. The highest BCUT2D eigenvalue weighted by Crippen LogP contribution is 2.21. The molecule has 20 heavy (non-hydrogen) atoms. The lowest BCUT2D eigenvalue weighted by Gasteiger charge is -2.31. The second-order valence-corrected chi connectivity index (χ2v) is 5.32. The first-order valence-electron chi connectivity index (χ1n) is 7.25. The smallest absolute Gasteiger partial charge is 0.222 e. The third kappa shape index (κ3) is 3.73. The molecule has 2 rings (SSSR count). The van der Waals surface area contributed by atoms with Gasteiger partial charge in [0, 0.05) is 26.1 Å². The van der Waals surface area contributed by atoms with Crippen LogP contribution in [0, 0.1) is 5.92 Å². The van der Waals surface area contributed by atoms with E-state index >= 15 is 0 Å². The van der Waals surface area contributed by atoms with Crippen molar-refractivity contribution in [1.29, 1.82) is 0 Å². The van der Waals surface area contributed by atoms with Crippen LogP contribution in [-0.2, 0) is 11.2 Å². The summed E-state index contributed by atoms with van der Waals surface area (Å²) in [4.78, 5) is 14.1. The molecule has 1 heterocycles. The van der Waals surface area contributed by atoms with Gasteiger partial charge in [0.15, 0.2) is 0 Å². The first-order valence-corrected chi connectivity index (χ1v) is 7.25. The zero-order chi connectivity index (χ0) is 14.4. The number of amides is 1. The van der Waals surface area contributed by atoms with Crippen LogP contribution in [-0.4, -0.2) is 42.7 Å². The van der Waals surface area contributed by atoms with Gasteiger partial charge in [0.1, 0.15) is 5.75 Å². The van der Waals surface area contributed by atoms with E-state index in [2.05, 4.69) is 0 Å².